The Kier molecular flexibility index (Phi) is 8.76. The highest BCUT2D eigenvalue weighted by molar-refractivity contribution is 7.20. The lowest BCUT2D eigenvalue weighted by Gasteiger charge is -2.30. The highest BCUT2D eigenvalue weighted by atomic mass is 32.1. The fourth-order valence-corrected chi connectivity index (χ4v) is 6.85. The molecule has 12 heteroatoms. The first-order valence-electron chi connectivity index (χ1n) is 13.6. The van der Waals surface area contributed by atoms with Crippen molar-refractivity contribution in [2.75, 3.05) is 13.7 Å². The lowest BCUT2D eigenvalue weighted by atomic mass is 9.79. The van der Waals surface area contributed by atoms with Gasteiger partial charge < -0.3 is 24.8 Å². The molecule has 41 heavy (non-hydrogen) atoms. The number of carboxylic acid groups (broad SMARTS) is 1. The zero-order chi connectivity index (χ0) is 30.2. The second-order valence-corrected chi connectivity index (χ2v) is 11.9. The molecule has 3 aromatic rings. The first-order valence-corrected chi connectivity index (χ1v) is 14.4. The van der Waals surface area contributed by atoms with Crippen LogP contribution in [0, 0.1) is 6.92 Å². The molecule has 0 aliphatic heterocycles. The number of aromatic nitrogens is 2. The van der Waals surface area contributed by atoms with Crippen LogP contribution in [0.15, 0.2) is 27.8 Å². The number of benzene rings is 1. The van der Waals surface area contributed by atoms with E-state index in [1.54, 1.807) is 26.0 Å². The molecular weight excluding hydrogens is 552 g/mol. The summed E-state index contributed by atoms with van der Waals surface area (Å²) in [5.74, 6) is -1.72. The number of hydrogen-bond donors (Lipinski definition) is 3. The Labute approximate surface area is 240 Å². The van der Waals surface area contributed by atoms with Gasteiger partial charge in [0, 0.05) is 5.56 Å². The van der Waals surface area contributed by atoms with Gasteiger partial charge in [0.15, 0.2) is 0 Å². The number of carbonyl (C=O) groups excluding carboxylic acids is 1. The van der Waals surface area contributed by atoms with E-state index >= 15 is 0 Å². The predicted octanol–water partition coefficient (Wildman–Crippen LogP) is 3.29. The molecule has 222 valence electrons. The molecule has 2 aromatic heterocycles. The summed E-state index contributed by atoms with van der Waals surface area (Å²) < 4.78 is 12.5. The summed E-state index contributed by atoms with van der Waals surface area (Å²) >= 11 is 0.887. The van der Waals surface area contributed by atoms with Gasteiger partial charge in [-0.15, -0.1) is 11.3 Å². The number of nitrogens with zero attached hydrogens (tertiary/aromatic N) is 2. The quantitative estimate of drug-likeness (QED) is 0.319. The highest BCUT2D eigenvalue weighted by Gasteiger charge is 2.36. The molecule has 0 bridgehead atoms. The van der Waals surface area contributed by atoms with Gasteiger partial charge in [-0.3, -0.25) is 9.36 Å². The van der Waals surface area contributed by atoms with Crippen LogP contribution in [0.4, 0.5) is 0 Å². The minimum Gasteiger partial charge on any atom is -0.496 e. The summed E-state index contributed by atoms with van der Waals surface area (Å²) in [6, 6.07) is 5.37. The molecule has 1 fully saturated rings. The minimum absolute atomic E-state index is 0.00910. The van der Waals surface area contributed by atoms with E-state index in [2.05, 4.69) is 0 Å². The minimum atomic E-state index is -1.93. The van der Waals surface area contributed by atoms with Gasteiger partial charge in [0.25, 0.3) is 5.56 Å². The Morgan fingerprint density at radius 3 is 2.54 bits per heavy atom. The molecule has 1 aromatic carbocycles. The van der Waals surface area contributed by atoms with E-state index in [1.165, 1.54) is 21.0 Å². The molecule has 11 nitrogen and oxygen atoms in total. The molecule has 1 unspecified atom stereocenters. The molecule has 0 saturated heterocycles. The second kappa shape index (κ2) is 11.8. The number of methoxy groups -OCH3 is 1. The number of thiophene rings is 1. The summed E-state index contributed by atoms with van der Waals surface area (Å²) in [5, 5.41) is 31.9. The fraction of sp³-hybridized carbons (Fsp3) is 0.517. The lowest BCUT2D eigenvalue weighted by Crippen LogP contribution is -2.52. The zero-order valence-corrected chi connectivity index (χ0v) is 24.6. The number of hydrogen-bond acceptors (Lipinski definition) is 9. The van der Waals surface area contributed by atoms with Crippen LogP contribution in [-0.2, 0) is 21.6 Å². The summed E-state index contributed by atoms with van der Waals surface area (Å²) in [6.45, 7) is 5.42. The number of carbonyl (C=O) groups is 2. The number of aliphatic carboxylic acids is 1. The van der Waals surface area contributed by atoms with Crippen LogP contribution in [0.1, 0.15) is 84.8 Å². The van der Waals surface area contributed by atoms with E-state index in [9.17, 15) is 34.5 Å². The Balaban J connectivity index is 1.96. The van der Waals surface area contributed by atoms with Gasteiger partial charge in [-0.25, -0.2) is 19.0 Å². The first-order chi connectivity index (χ1) is 19.3. The van der Waals surface area contributed by atoms with Gasteiger partial charge in [0.05, 0.1) is 31.8 Å². The molecule has 1 aliphatic carbocycles. The molecular formula is C29H36N2O9S. The SMILES string of the molecule is CCOC(=O)c1sc2c(c1C)c(=O)n(C(C)(C)C(=O)O)c(=O)n2C[C@H](O)c1c(OC)cccc1C1CCC[C@@H](O)C1. The van der Waals surface area contributed by atoms with Gasteiger partial charge >= 0.3 is 17.6 Å². The summed E-state index contributed by atoms with van der Waals surface area (Å²) in [6.07, 6.45) is 1.06. The molecule has 0 radical (unpaired) electrons. The smallest absolute Gasteiger partial charge is 0.348 e. The third-order valence-corrected chi connectivity index (χ3v) is 9.15. The number of aliphatic hydroxyl groups excluding tert-OH is 2. The average molecular weight is 589 g/mol. The van der Waals surface area contributed by atoms with Gasteiger partial charge in [0.1, 0.15) is 27.1 Å². The van der Waals surface area contributed by atoms with Crippen molar-refractivity contribution in [2.45, 2.75) is 83.6 Å². The predicted molar refractivity (Wildman–Crippen MR) is 153 cm³/mol. The number of aryl methyl sites for hydroxylation is 1. The largest absolute Gasteiger partial charge is 0.496 e. The van der Waals surface area contributed by atoms with Gasteiger partial charge in [-0.05, 0) is 70.1 Å². The van der Waals surface area contributed by atoms with Crippen LogP contribution in [0.3, 0.4) is 0 Å². The number of carboxylic acids is 1. The second-order valence-electron chi connectivity index (χ2n) is 10.9. The van der Waals surface area contributed by atoms with E-state index in [0.717, 1.165) is 34.3 Å². The number of esters is 1. The molecule has 0 amide bonds. The number of rotatable bonds is 9. The molecule has 3 atom stereocenters. The van der Waals surface area contributed by atoms with Gasteiger partial charge in [-0.2, -0.15) is 0 Å². The third-order valence-electron chi connectivity index (χ3n) is 7.85. The maximum Gasteiger partial charge on any atom is 0.348 e. The Morgan fingerprint density at radius 2 is 1.93 bits per heavy atom. The van der Waals surface area contributed by atoms with Crippen LogP contribution in [0.5, 0.6) is 5.75 Å². The Hall–Kier alpha value is -3.48. The summed E-state index contributed by atoms with van der Waals surface area (Å²) in [7, 11) is 1.47. The van der Waals surface area contributed by atoms with Gasteiger partial charge in [0.2, 0.25) is 0 Å². The van der Waals surface area contributed by atoms with Crippen LogP contribution in [0.25, 0.3) is 10.2 Å². The summed E-state index contributed by atoms with van der Waals surface area (Å²) in [5.41, 5.74) is -2.21. The molecule has 1 saturated carbocycles. The van der Waals surface area contributed by atoms with Crippen molar-refractivity contribution in [3.8, 4) is 5.75 Å². The van der Waals surface area contributed by atoms with Crippen LogP contribution >= 0.6 is 11.3 Å². The Bertz CT molecular complexity index is 1600. The van der Waals surface area contributed by atoms with Gasteiger partial charge in [-0.1, -0.05) is 18.6 Å². The maximum absolute atomic E-state index is 13.9. The molecule has 3 N–H and O–H groups in total. The third kappa shape index (κ3) is 5.43. The van der Waals surface area contributed by atoms with E-state index in [-0.39, 0.29) is 39.7 Å². The van der Waals surface area contributed by atoms with Crippen molar-refractivity contribution in [3.63, 3.8) is 0 Å². The fourth-order valence-electron chi connectivity index (χ4n) is 5.65. The number of ether oxygens (including phenoxy) is 2. The van der Waals surface area contributed by atoms with E-state index in [0.29, 0.717) is 28.7 Å². The van der Waals surface area contributed by atoms with Crippen LogP contribution in [-0.4, -0.2) is 56.2 Å². The molecule has 1 aliphatic rings. The molecule has 4 rings (SSSR count). The van der Waals surface area contributed by atoms with Crippen molar-refractivity contribution in [3.05, 3.63) is 60.6 Å². The average Bonchev–Trinajstić information content (AvgIpc) is 3.27. The van der Waals surface area contributed by atoms with E-state index in [1.807, 2.05) is 6.07 Å². The standard InChI is InChI=1S/C29H36N2O9S/c1-6-40-26(35)23-15(2)21-24(34)31(29(3,4)27(36)37)28(38)30(25(21)41-23)14-19(33)22-18(11-8-12-20(22)39-5)16-9-7-10-17(32)13-16/h8,11-12,16-17,19,32-33H,6-7,9-10,13-14H2,1-5H3,(H,36,37)/t16?,17-,19+/m1/s1. The lowest BCUT2D eigenvalue weighted by molar-refractivity contribution is -0.146. The molecule has 2 heterocycles. The summed E-state index contributed by atoms with van der Waals surface area (Å²) in [4.78, 5) is 52.7. The van der Waals surface area contributed by atoms with E-state index < -0.39 is 40.9 Å². The van der Waals surface area contributed by atoms with Crippen LogP contribution < -0.4 is 16.0 Å². The Morgan fingerprint density at radius 1 is 1.22 bits per heavy atom. The molecule has 0 spiro atoms. The van der Waals surface area contributed by atoms with E-state index in [4.69, 9.17) is 9.47 Å². The van der Waals surface area contributed by atoms with Crippen LogP contribution in [0.2, 0.25) is 0 Å². The van der Waals surface area contributed by atoms with Crippen molar-refractivity contribution >= 4 is 33.5 Å². The number of fused-ring (bicyclic) bond motifs is 1. The zero-order valence-electron chi connectivity index (χ0n) is 23.8. The van der Waals surface area contributed by atoms with Crippen molar-refractivity contribution in [2.24, 2.45) is 0 Å². The van der Waals surface area contributed by atoms with Crippen molar-refractivity contribution in [1.82, 2.24) is 9.13 Å². The highest BCUT2D eigenvalue weighted by Crippen LogP contribution is 2.41. The van der Waals surface area contributed by atoms with Crippen molar-refractivity contribution < 1.29 is 34.4 Å². The first kappa shape index (κ1) is 30.5. The normalized spacial score (nSPS) is 18.3. The topological polar surface area (TPSA) is 157 Å². The maximum atomic E-state index is 13.9. The number of aliphatic hydroxyl groups is 2. The monoisotopic (exact) mass is 588 g/mol. The van der Waals surface area contributed by atoms with Crippen molar-refractivity contribution in [1.29, 1.82) is 0 Å².